The van der Waals surface area contributed by atoms with Crippen molar-refractivity contribution in [3.05, 3.63) is 42.0 Å². The molecule has 1 fully saturated rings. The summed E-state index contributed by atoms with van der Waals surface area (Å²) in [6.45, 7) is 2.97. The van der Waals surface area contributed by atoms with E-state index in [9.17, 15) is 9.59 Å². The minimum atomic E-state index is -0.189. The molecule has 0 aliphatic carbocycles. The summed E-state index contributed by atoms with van der Waals surface area (Å²) in [6, 6.07) is 6.68. The van der Waals surface area contributed by atoms with Gasteiger partial charge in [-0.15, -0.1) is 10.2 Å². The first kappa shape index (κ1) is 17.9. The Bertz CT molecular complexity index is 724. The highest BCUT2D eigenvalue weighted by atomic mass is 16.5. The van der Waals surface area contributed by atoms with Gasteiger partial charge in [0.1, 0.15) is 5.82 Å². The van der Waals surface area contributed by atoms with Crippen molar-refractivity contribution in [3.63, 3.8) is 0 Å². The van der Waals surface area contributed by atoms with Gasteiger partial charge in [0, 0.05) is 39.8 Å². The van der Waals surface area contributed by atoms with Crippen LogP contribution in [0.3, 0.4) is 0 Å². The van der Waals surface area contributed by atoms with Gasteiger partial charge in [0.25, 0.3) is 11.8 Å². The van der Waals surface area contributed by atoms with E-state index in [2.05, 4.69) is 15.5 Å². The molecule has 3 rings (SSSR count). The molecule has 0 aromatic carbocycles. The summed E-state index contributed by atoms with van der Waals surface area (Å²) in [5.74, 6) is 0.555. The van der Waals surface area contributed by atoms with E-state index >= 15 is 0 Å². The number of aromatic nitrogens is 2. The third kappa shape index (κ3) is 4.17. The number of ether oxygens (including phenoxy) is 1. The van der Waals surface area contributed by atoms with Crippen LogP contribution in [0.4, 0.5) is 5.82 Å². The average Bonchev–Trinajstić information content (AvgIpc) is 3.23. The molecule has 0 saturated carbocycles. The zero-order valence-corrected chi connectivity index (χ0v) is 14.6. The van der Waals surface area contributed by atoms with Crippen LogP contribution in [0.1, 0.15) is 21.0 Å². The molecule has 0 atom stereocenters. The van der Waals surface area contributed by atoms with Crippen LogP contribution < -0.4 is 5.32 Å². The lowest BCUT2D eigenvalue weighted by molar-refractivity contribution is 0.0514. The number of methoxy groups -OCH3 is 1. The van der Waals surface area contributed by atoms with Gasteiger partial charge in [-0.1, -0.05) is 0 Å². The maximum absolute atomic E-state index is 12.5. The maximum atomic E-state index is 12.5. The molecule has 2 amide bonds. The third-order valence-corrected chi connectivity index (χ3v) is 4.08. The standard InChI is InChI=1S/C17H21N5O4/c1-25-12-6-18-15-5-4-13(19-20-15)16(23)21-7-9-22(10-8-21)17(24)14-3-2-11-26-14/h2-5,11H,6-10,12H2,1H3,(H,18,20). The summed E-state index contributed by atoms with van der Waals surface area (Å²) >= 11 is 0. The lowest BCUT2D eigenvalue weighted by Gasteiger charge is -2.34. The maximum Gasteiger partial charge on any atom is 0.289 e. The Morgan fingerprint density at radius 1 is 1.12 bits per heavy atom. The second-order valence-corrected chi connectivity index (χ2v) is 5.79. The van der Waals surface area contributed by atoms with Crippen LogP contribution in [0, 0.1) is 0 Å². The molecule has 9 heteroatoms. The van der Waals surface area contributed by atoms with Crippen LogP contribution in [0.15, 0.2) is 34.9 Å². The first-order valence-corrected chi connectivity index (χ1v) is 8.37. The molecular weight excluding hydrogens is 338 g/mol. The van der Waals surface area contributed by atoms with Crippen molar-refractivity contribution in [2.24, 2.45) is 0 Å². The number of hydrogen-bond donors (Lipinski definition) is 1. The van der Waals surface area contributed by atoms with Gasteiger partial charge in [0.05, 0.1) is 12.9 Å². The van der Waals surface area contributed by atoms with E-state index in [-0.39, 0.29) is 17.5 Å². The Balaban J connectivity index is 1.52. The molecule has 1 saturated heterocycles. The SMILES string of the molecule is COCCNc1ccc(C(=O)N2CCN(C(=O)c3ccco3)CC2)nn1. The Hall–Kier alpha value is -2.94. The average molecular weight is 359 g/mol. The topological polar surface area (TPSA) is 101 Å². The van der Waals surface area contributed by atoms with E-state index < -0.39 is 0 Å². The van der Waals surface area contributed by atoms with E-state index in [1.54, 1.807) is 41.2 Å². The van der Waals surface area contributed by atoms with Gasteiger partial charge < -0.3 is 24.3 Å². The van der Waals surface area contributed by atoms with E-state index in [1.807, 2.05) is 0 Å². The van der Waals surface area contributed by atoms with Gasteiger partial charge in [-0.2, -0.15) is 0 Å². The van der Waals surface area contributed by atoms with Crippen LogP contribution in [0.5, 0.6) is 0 Å². The first-order chi connectivity index (χ1) is 12.7. The van der Waals surface area contributed by atoms with E-state index in [0.29, 0.717) is 50.9 Å². The lowest BCUT2D eigenvalue weighted by Crippen LogP contribution is -2.50. The van der Waals surface area contributed by atoms with Gasteiger partial charge >= 0.3 is 0 Å². The van der Waals surface area contributed by atoms with Crippen molar-refractivity contribution in [1.29, 1.82) is 0 Å². The Kier molecular flexibility index (Phi) is 5.80. The fraction of sp³-hybridized carbons (Fsp3) is 0.412. The zero-order valence-electron chi connectivity index (χ0n) is 14.6. The predicted molar refractivity (Wildman–Crippen MR) is 92.9 cm³/mol. The van der Waals surface area contributed by atoms with Crippen molar-refractivity contribution < 1.29 is 18.7 Å². The molecule has 0 bridgehead atoms. The number of nitrogens with one attached hydrogen (secondary N) is 1. The molecule has 1 N–H and O–H groups in total. The number of rotatable bonds is 6. The van der Waals surface area contributed by atoms with Gasteiger partial charge in [0.2, 0.25) is 0 Å². The van der Waals surface area contributed by atoms with Crippen LogP contribution in [0.2, 0.25) is 0 Å². The second-order valence-electron chi connectivity index (χ2n) is 5.79. The molecule has 0 unspecified atom stereocenters. The number of hydrogen-bond acceptors (Lipinski definition) is 7. The normalized spacial score (nSPS) is 14.3. The number of carbonyl (C=O) groups is 2. The molecule has 138 valence electrons. The molecule has 1 aliphatic rings. The summed E-state index contributed by atoms with van der Waals surface area (Å²) in [4.78, 5) is 28.1. The Morgan fingerprint density at radius 3 is 2.42 bits per heavy atom. The molecule has 3 heterocycles. The fourth-order valence-corrected chi connectivity index (χ4v) is 2.65. The monoisotopic (exact) mass is 359 g/mol. The quantitative estimate of drug-likeness (QED) is 0.759. The number of furan rings is 1. The third-order valence-electron chi connectivity index (χ3n) is 4.08. The highest BCUT2D eigenvalue weighted by Gasteiger charge is 2.27. The largest absolute Gasteiger partial charge is 0.459 e. The minimum absolute atomic E-state index is 0.159. The van der Waals surface area contributed by atoms with Gasteiger partial charge in [-0.25, -0.2) is 0 Å². The number of piperazine rings is 1. The van der Waals surface area contributed by atoms with E-state index in [4.69, 9.17) is 9.15 Å². The van der Waals surface area contributed by atoms with Crippen molar-refractivity contribution in [3.8, 4) is 0 Å². The van der Waals surface area contributed by atoms with Crippen LogP contribution in [0.25, 0.3) is 0 Å². The summed E-state index contributed by atoms with van der Waals surface area (Å²) in [7, 11) is 1.62. The first-order valence-electron chi connectivity index (χ1n) is 8.37. The summed E-state index contributed by atoms with van der Waals surface area (Å²) in [6.07, 6.45) is 1.47. The molecule has 9 nitrogen and oxygen atoms in total. The lowest BCUT2D eigenvalue weighted by atomic mass is 10.2. The number of anilines is 1. The number of nitrogens with zero attached hydrogens (tertiary/aromatic N) is 4. The van der Waals surface area contributed by atoms with Gasteiger partial charge in [-0.3, -0.25) is 9.59 Å². The highest BCUT2D eigenvalue weighted by molar-refractivity contribution is 5.93. The van der Waals surface area contributed by atoms with E-state index in [0.717, 1.165) is 0 Å². The second kappa shape index (κ2) is 8.43. The number of carbonyl (C=O) groups excluding carboxylic acids is 2. The van der Waals surface area contributed by atoms with Crippen LogP contribution >= 0.6 is 0 Å². The molecule has 2 aromatic heterocycles. The molecular formula is C17H21N5O4. The summed E-state index contributed by atoms with van der Waals surface area (Å²) in [5.41, 5.74) is 0.285. The summed E-state index contributed by atoms with van der Waals surface area (Å²) in [5, 5.41) is 11.0. The van der Waals surface area contributed by atoms with E-state index in [1.165, 1.54) is 6.26 Å². The van der Waals surface area contributed by atoms with Crippen molar-refractivity contribution in [1.82, 2.24) is 20.0 Å². The zero-order chi connectivity index (χ0) is 18.4. The Morgan fingerprint density at radius 2 is 1.85 bits per heavy atom. The van der Waals surface area contributed by atoms with Crippen molar-refractivity contribution >= 4 is 17.6 Å². The van der Waals surface area contributed by atoms with Crippen LogP contribution in [-0.4, -0.2) is 78.3 Å². The predicted octanol–water partition coefficient (Wildman–Crippen LogP) is 0.726. The Labute approximate surface area is 150 Å². The molecule has 26 heavy (non-hydrogen) atoms. The smallest absolute Gasteiger partial charge is 0.289 e. The fourth-order valence-electron chi connectivity index (χ4n) is 2.65. The highest BCUT2D eigenvalue weighted by Crippen LogP contribution is 2.12. The minimum Gasteiger partial charge on any atom is -0.459 e. The van der Waals surface area contributed by atoms with Gasteiger partial charge in [-0.05, 0) is 24.3 Å². The summed E-state index contributed by atoms with van der Waals surface area (Å²) < 4.78 is 10.1. The van der Waals surface area contributed by atoms with Crippen molar-refractivity contribution in [2.45, 2.75) is 0 Å². The molecule has 2 aromatic rings. The van der Waals surface area contributed by atoms with Crippen LogP contribution in [-0.2, 0) is 4.74 Å². The van der Waals surface area contributed by atoms with Crippen molar-refractivity contribution in [2.75, 3.05) is 51.8 Å². The molecule has 0 radical (unpaired) electrons. The molecule has 1 aliphatic heterocycles. The molecule has 0 spiro atoms. The van der Waals surface area contributed by atoms with Gasteiger partial charge in [0.15, 0.2) is 11.5 Å². The number of amides is 2.